The standard InChI is InChI=1S/C14H21N3O/c1-10-5-7-17(9-11(10)2)14(18)12-8-16-6-4-13(12)15-3/h4,6,8,10-11H,5,7,9H2,1-3H3,(H,15,16). The summed E-state index contributed by atoms with van der Waals surface area (Å²) in [4.78, 5) is 18.5. The van der Waals surface area contributed by atoms with E-state index in [1.165, 1.54) is 0 Å². The fraction of sp³-hybridized carbons (Fsp3) is 0.571. The van der Waals surface area contributed by atoms with Gasteiger partial charge in [-0.1, -0.05) is 13.8 Å². The van der Waals surface area contributed by atoms with Crippen LogP contribution in [-0.4, -0.2) is 35.9 Å². The summed E-state index contributed by atoms with van der Waals surface area (Å²) < 4.78 is 0. The number of likely N-dealkylation sites (tertiary alicyclic amines) is 1. The van der Waals surface area contributed by atoms with Crippen LogP contribution in [0.2, 0.25) is 0 Å². The van der Waals surface area contributed by atoms with E-state index in [-0.39, 0.29) is 5.91 Å². The SMILES string of the molecule is CNc1ccncc1C(=O)N1CCC(C)C(C)C1. The summed E-state index contributed by atoms with van der Waals surface area (Å²) in [6.07, 6.45) is 4.43. The van der Waals surface area contributed by atoms with Gasteiger partial charge in [0, 0.05) is 38.2 Å². The zero-order chi connectivity index (χ0) is 13.1. The molecule has 1 fully saturated rings. The number of nitrogens with zero attached hydrogens (tertiary/aromatic N) is 2. The quantitative estimate of drug-likeness (QED) is 0.871. The van der Waals surface area contributed by atoms with Gasteiger partial charge in [0.1, 0.15) is 0 Å². The number of nitrogens with one attached hydrogen (secondary N) is 1. The minimum absolute atomic E-state index is 0.0891. The normalized spacial score (nSPS) is 23.8. The molecule has 4 heteroatoms. The van der Waals surface area contributed by atoms with Gasteiger partial charge in [0.25, 0.3) is 5.91 Å². The molecule has 1 aliphatic rings. The topological polar surface area (TPSA) is 45.2 Å². The number of anilines is 1. The first-order chi connectivity index (χ1) is 8.63. The van der Waals surface area contributed by atoms with E-state index in [2.05, 4.69) is 24.1 Å². The van der Waals surface area contributed by atoms with Gasteiger partial charge < -0.3 is 10.2 Å². The molecule has 1 aliphatic heterocycles. The fourth-order valence-corrected chi connectivity index (χ4v) is 2.40. The number of hydrogen-bond acceptors (Lipinski definition) is 3. The van der Waals surface area contributed by atoms with E-state index >= 15 is 0 Å². The van der Waals surface area contributed by atoms with Crippen LogP contribution in [0.15, 0.2) is 18.5 Å². The van der Waals surface area contributed by atoms with Crippen molar-refractivity contribution in [3.63, 3.8) is 0 Å². The zero-order valence-electron chi connectivity index (χ0n) is 11.3. The molecular formula is C14H21N3O. The van der Waals surface area contributed by atoms with E-state index < -0.39 is 0 Å². The zero-order valence-corrected chi connectivity index (χ0v) is 11.3. The second-order valence-electron chi connectivity index (χ2n) is 5.17. The molecular weight excluding hydrogens is 226 g/mol. The lowest BCUT2D eigenvalue weighted by atomic mass is 9.88. The van der Waals surface area contributed by atoms with Gasteiger partial charge in [0.2, 0.25) is 0 Å². The molecule has 0 saturated carbocycles. The van der Waals surface area contributed by atoms with Crippen LogP contribution in [0.5, 0.6) is 0 Å². The highest BCUT2D eigenvalue weighted by Crippen LogP contribution is 2.25. The maximum atomic E-state index is 12.5. The van der Waals surface area contributed by atoms with Crippen LogP contribution < -0.4 is 5.32 Å². The Morgan fingerprint density at radius 3 is 2.89 bits per heavy atom. The Bertz CT molecular complexity index is 433. The summed E-state index contributed by atoms with van der Waals surface area (Å²) in [6.45, 7) is 6.17. The molecule has 1 amide bonds. The van der Waals surface area contributed by atoms with E-state index in [0.29, 0.717) is 17.4 Å². The Balaban J connectivity index is 2.16. The van der Waals surface area contributed by atoms with Gasteiger partial charge in [-0.05, 0) is 24.3 Å². The number of rotatable bonds is 2. The van der Waals surface area contributed by atoms with Crippen molar-refractivity contribution in [2.24, 2.45) is 11.8 Å². The highest BCUT2D eigenvalue weighted by Gasteiger charge is 2.27. The molecule has 1 saturated heterocycles. The average Bonchev–Trinajstić information content (AvgIpc) is 2.41. The van der Waals surface area contributed by atoms with Gasteiger partial charge in [-0.25, -0.2) is 0 Å². The molecule has 0 aromatic carbocycles. The maximum Gasteiger partial charge on any atom is 0.257 e. The summed E-state index contributed by atoms with van der Waals surface area (Å²) in [5.41, 5.74) is 1.52. The molecule has 1 N–H and O–H groups in total. The molecule has 98 valence electrons. The largest absolute Gasteiger partial charge is 0.387 e. The van der Waals surface area contributed by atoms with E-state index in [1.54, 1.807) is 12.4 Å². The molecule has 4 nitrogen and oxygen atoms in total. The Morgan fingerprint density at radius 1 is 1.44 bits per heavy atom. The monoisotopic (exact) mass is 247 g/mol. The lowest BCUT2D eigenvalue weighted by Gasteiger charge is -2.35. The van der Waals surface area contributed by atoms with Crippen LogP contribution >= 0.6 is 0 Å². The van der Waals surface area contributed by atoms with Gasteiger partial charge in [0.05, 0.1) is 5.56 Å². The number of hydrogen-bond donors (Lipinski definition) is 1. The van der Waals surface area contributed by atoms with Crippen molar-refractivity contribution in [2.45, 2.75) is 20.3 Å². The third-order valence-electron chi connectivity index (χ3n) is 3.94. The first-order valence-corrected chi connectivity index (χ1v) is 6.54. The summed E-state index contributed by atoms with van der Waals surface area (Å²) >= 11 is 0. The maximum absolute atomic E-state index is 12.5. The average molecular weight is 247 g/mol. The van der Waals surface area contributed by atoms with Crippen molar-refractivity contribution in [3.05, 3.63) is 24.0 Å². The number of pyridine rings is 1. The predicted octanol–water partition coefficient (Wildman–Crippen LogP) is 2.24. The molecule has 1 aromatic heterocycles. The van der Waals surface area contributed by atoms with Crippen LogP contribution in [0.25, 0.3) is 0 Å². The van der Waals surface area contributed by atoms with Gasteiger partial charge in [-0.15, -0.1) is 0 Å². The number of carbonyl (C=O) groups excluding carboxylic acids is 1. The molecule has 0 aliphatic carbocycles. The molecule has 0 bridgehead atoms. The van der Waals surface area contributed by atoms with Gasteiger partial charge >= 0.3 is 0 Å². The third-order valence-corrected chi connectivity index (χ3v) is 3.94. The highest BCUT2D eigenvalue weighted by atomic mass is 16.2. The van der Waals surface area contributed by atoms with E-state index in [0.717, 1.165) is 25.2 Å². The lowest BCUT2D eigenvalue weighted by molar-refractivity contribution is 0.0628. The van der Waals surface area contributed by atoms with Crippen LogP contribution in [0.1, 0.15) is 30.6 Å². The van der Waals surface area contributed by atoms with Crippen molar-refractivity contribution in [3.8, 4) is 0 Å². The number of aromatic nitrogens is 1. The Labute approximate surface area is 108 Å². The molecule has 2 heterocycles. The summed E-state index contributed by atoms with van der Waals surface area (Å²) in [5.74, 6) is 1.36. The minimum atomic E-state index is 0.0891. The number of carbonyl (C=O) groups is 1. The molecule has 2 atom stereocenters. The fourth-order valence-electron chi connectivity index (χ4n) is 2.40. The Kier molecular flexibility index (Phi) is 3.84. The lowest BCUT2D eigenvalue weighted by Crippen LogP contribution is -2.42. The summed E-state index contributed by atoms with van der Waals surface area (Å²) in [5, 5.41) is 3.05. The van der Waals surface area contributed by atoms with E-state index in [9.17, 15) is 4.79 Å². The molecule has 18 heavy (non-hydrogen) atoms. The highest BCUT2D eigenvalue weighted by molar-refractivity contribution is 5.99. The first kappa shape index (κ1) is 12.9. The smallest absolute Gasteiger partial charge is 0.257 e. The minimum Gasteiger partial charge on any atom is -0.387 e. The molecule has 2 rings (SSSR count). The summed E-state index contributed by atoms with van der Waals surface area (Å²) in [7, 11) is 1.83. The van der Waals surface area contributed by atoms with Crippen LogP contribution in [0.3, 0.4) is 0 Å². The van der Waals surface area contributed by atoms with Crippen molar-refractivity contribution in [1.29, 1.82) is 0 Å². The molecule has 1 aromatic rings. The molecule has 0 spiro atoms. The first-order valence-electron chi connectivity index (χ1n) is 6.54. The second-order valence-corrected chi connectivity index (χ2v) is 5.17. The van der Waals surface area contributed by atoms with Crippen LogP contribution in [0, 0.1) is 11.8 Å². The van der Waals surface area contributed by atoms with E-state index in [1.807, 2.05) is 18.0 Å². The van der Waals surface area contributed by atoms with Crippen molar-refractivity contribution < 1.29 is 4.79 Å². The van der Waals surface area contributed by atoms with Gasteiger partial charge in [-0.3, -0.25) is 9.78 Å². The summed E-state index contributed by atoms with van der Waals surface area (Å²) in [6, 6.07) is 1.84. The van der Waals surface area contributed by atoms with E-state index in [4.69, 9.17) is 0 Å². The Hall–Kier alpha value is -1.58. The Morgan fingerprint density at radius 2 is 2.22 bits per heavy atom. The molecule has 2 unspecified atom stereocenters. The third kappa shape index (κ3) is 2.47. The van der Waals surface area contributed by atoms with Crippen LogP contribution in [0.4, 0.5) is 5.69 Å². The van der Waals surface area contributed by atoms with Gasteiger partial charge in [-0.2, -0.15) is 0 Å². The number of piperidine rings is 1. The predicted molar refractivity (Wildman–Crippen MR) is 72.6 cm³/mol. The molecule has 0 radical (unpaired) electrons. The van der Waals surface area contributed by atoms with Crippen molar-refractivity contribution >= 4 is 11.6 Å². The van der Waals surface area contributed by atoms with Crippen molar-refractivity contribution in [2.75, 3.05) is 25.5 Å². The number of amides is 1. The van der Waals surface area contributed by atoms with Gasteiger partial charge in [0.15, 0.2) is 0 Å². The second kappa shape index (κ2) is 5.38. The van der Waals surface area contributed by atoms with Crippen LogP contribution in [-0.2, 0) is 0 Å². The van der Waals surface area contributed by atoms with Crippen molar-refractivity contribution in [1.82, 2.24) is 9.88 Å².